The topological polar surface area (TPSA) is 30.3 Å². The molecule has 0 spiro atoms. The summed E-state index contributed by atoms with van der Waals surface area (Å²) in [6, 6.07) is 4.36. The smallest absolute Gasteiger partial charge is 0.0736 e. The third kappa shape index (κ3) is 3.26. The number of hydrogen-bond acceptors (Lipinski definition) is 4. The maximum atomic E-state index is 5.97. The Hall–Kier alpha value is -1.17. The van der Waals surface area contributed by atoms with Crippen molar-refractivity contribution in [3.8, 4) is 0 Å². The highest BCUT2D eigenvalue weighted by Gasteiger charge is 2.29. The zero-order valence-corrected chi connectivity index (χ0v) is 13.9. The van der Waals surface area contributed by atoms with E-state index in [4.69, 9.17) is 9.84 Å². The first kappa shape index (κ1) is 14.4. The number of aryl methyl sites for hydroxylation is 1. The molecule has 0 bridgehead atoms. The Morgan fingerprint density at radius 1 is 1.36 bits per heavy atom. The first-order valence-electron chi connectivity index (χ1n) is 8.13. The summed E-state index contributed by atoms with van der Waals surface area (Å²) in [5.74, 6) is 1.23. The first-order valence-corrected chi connectivity index (χ1v) is 9.01. The molecule has 4 nitrogen and oxygen atoms in total. The van der Waals surface area contributed by atoms with E-state index in [1.165, 1.54) is 29.0 Å². The molecule has 118 valence electrons. The van der Waals surface area contributed by atoms with Gasteiger partial charge in [0.25, 0.3) is 0 Å². The lowest BCUT2D eigenvalue weighted by Gasteiger charge is -2.31. The Morgan fingerprint density at radius 3 is 3.05 bits per heavy atom. The molecule has 4 rings (SSSR count). The number of ether oxygens (including phenoxy) is 1. The van der Waals surface area contributed by atoms with Gasteiger partial charge in [-0.15, -0.1) is 11.3 Å². The van der Waals surface area contributed by atoms with Crippen molar-refractivity contribution in [2.75, 3.05) is 19.8 Å². The van der Waals surface area contributed by atoms with Crippen molar-refractivity contribution in [3.63, 3.8) is 0 Å². The van der Waals surface area contributed by atoms with Crippen molar-refractivity contribution in [2.24, 2.45) is 13.0 Å². The van der Waals surface area contributed by atoms with Crippen LogP contribution < -0.4 is 0 Å². The van der Waals surface area contributed by atoms with Crippen molar-refractivity contribution < 1.29 is 4.74 Å². The predicted molar refractivity (Wildman–Crippen MR) is 87.9 cm³/mol. The van der Waals surface area contributed by atoms with E-state index in [2.05, 4.69) is 28.6 Å². The lowest BCUT2D eigenvalue weighted by atomic mass is 9.97. The maximum Gasteiger partial charge on any atom is 0.0736 e. The van der Waals surface area contributed by atoms with Crippen LogP contribution in [0.15, 0.2) is 23.7 Å². The molecule has 1 unspecified atom stereocenters. The van der Waals surface area contributed by atoms with Crippen molar-refractivity contribution in [1.29, 1.82) is 0 Å². The van der Waals surface area contributed by atoms with Gasteiger partial charge in [0.2, 0.25) is 0 Å². The number of rotatable bonds is 6. The average Bonchev–Trinajstić information content (AvgIpc) is 3.02. The van der Waals surface area contributed by atoms with E-state index in [1.807, 2.05) is 23.1 Å². The average molecular weight is 317 g/mol. The molecule has 0 aromatic carbocycles. The molecule has 0 amide bonds. The third-order valence-electron chi connectivity index (χ3n) is 4.53. The largest absolute Gasteiger partial charge is 0.380 e. The van der Waals surface area contributed by atoms with Gasteiger partial charge in [-0.2, -0.15) is 5.10 Å². The van der Waals surface area contributed by atoms with Crippen LogP contribution in [0.5, 0.6) is 0 Å². The SMILES string of the molecule is Cn1cc2c(n1)C(COCC1CC1)CN(Cc1cccs1)C2. The summed E-state index contributed by atoms with van der Waals surface area (Å²) in [4.78, 5) is 3.96. The zero-order valence-electron chi connectivity index (χ0n) is 13.1. The highest BCUT2D eigenvalue weighted by molar-refractivity contribution is 7.09. The molecule has 1 aliphatic carbocycles. The maximum absolute atomic E-state index is 5.97. The Balaban J connectivity index is 1.45. The Morgan fingerprint density at radius 2 is 2.27 bits per heavy atom. The van der Waals surface area contributed by atoms with Gasteiger partial charge in [-0.1, -0.05) is 6.07 Å². The van der Waals surface area contributed by atoms with Crippen molar-refractivity contribution in [1.82, 2.24) is 14.7 Å². The van der Waals surface area contributed by atoms with E-state index in [9.17, 15) is 0 Å². The van der Waals surface area contributed by atoms with Crippen molar-refractivity contribution >= 4 is 11.3 Å². The second-order valence-electron chi connectivity index (χ2n) is 6.64. The Labute approximate surface area is 135 Å². The monoisotopic (exact) mass is 317 g/mol. The fourth-order valence-corrected chi connectivity index (χ4v) is 4.01. The zero-order chi connectivity index (χ0) is 14.9. The van der Waals surface area contributed by atoms with Crippen LogP contribution in [-0.4, -0.2) is 34.4 Å². The molecular weight excluding hydrogens is 294 g/mol. The minimum atomic E-state index is 0.406. The van der Waals surface area contributed by atoms with E-state index in [-0.39, 0.29) is 0 Å². The molecular formula is C17H23N3OS. The van der Waals surface area contributed by atoms with Crippen molar-refractivity contribution in [3.05, 3.63) is 39.8 Å². The van der Waals surface area contributed by atoms with Crippen molar-refractivity contribution in [2.45, 2.75) is 31.8 Å². The predicted octanol–water partition coefficient (Wildman–Crippen LogP) is 3.01. The standard InChI is InChI=1S/C17H23N3OS/c1-19-7-14-8-20(10-16-3-2-6-22-16)9-15(17(14)18-19)12-21-11-13-4-5-13/h2-3,6-7,13,15H,4-5,8-12H2,1H3. The lowest BCUT2D eigenvalue weighted by Crippen LogP contribution is -2.34. The van der Waals surface area contributed by atoms with Crippen LogP contribution in [0, 0.1) is 5.92 Å². The fraction of sp³-hybridized carbons (Fsp3) is 0.588. The minimum absolute atomic E-state index is 0.406. The summed E-state index contributed by atoms with van der Waals surface area (Å²) >= 11 is 1.84. The molecule has 2 aliphatic rings. The van der Waals surface area contributed by atoms with E-state index in [1.54, 1.807) is 0 Å². The summed E-state index contributed by atoms with van der Waals surface area (Å²) in [7, 11) is 2.02. The van der Waals surface area contributed by atoms with E-state index in [0.29, 0.717) is 5.92 Å². The normalized spacial score (nSPS) is 22.0. The molecule has 2 aromatic heterocycles. The van der Waals surface area contributed by atoms with Gasteiger partial charge in [0.1, 0.15) is 0 Å². The van der Waals surface area contributed by atoms with Crippen LogP contribution >= 0.6 is 11.3 Å². The molecule has 0 saturated heterocycles. The molecule has 22 heavy (non-hydrogen) atoms. The Bertz CT molecular complexity index is 618. The Kier molecular flexibility index (Phi) is 4.03. The second kappa shape index (κ2) is 6.14. The van der Waals surface area contributed by atoms with Crippen LogP contribution in [0.1, 0.15) is 34.9 Å². The molecule has 0 radical (unpaired) electrons. The summed E-state index contributed by atoms with van der Waals surface area (Å²) in [6.07, 6.45) is 4.87. The molecule has 2 aromatic rings. The minimum Gasteiger partial charge on any atom is -0.380 e. The number of aromatic nitrogens is 2. The summed E-state index contributed by atoms with van der Waals surface area (Å²) in [5.41, 5.74) is 2.62. The molecule has 1 fully saturated rings. The molecule has 5 heteroatoms. The first-order chi connectivity index (χ1) is 10.8. The molecule has 1 aliphatic heterocycles. The van der Waals surface area contributed by atoms with Crippen LogP contribution in [-0.2, 0) is 24.9 Å². The molecule has 3 heterocycles. The van der Waals surface area contributed by atoms with Crippen LogP contribution in [0.2, 0.25) is 0 Å². The summed E-state index contributed by atoms with van der Waals surface area (Å²) in [6.45, 7) is 4.82. The van der Waals surface area contributed by atoms with Gasteiger partial charge >= 0.3 is 0 Å². The summed E-state index contributed by atoms with van der Waals surface area (Å²) < 4.78 is 7.92. The highest BCUT2D eigenvalue weighted by atomic mass is 32.1. The van der Waals surface area contributed by atoms with E-state index >= 15 is 0 Å². The molecule has 0 N–H and O–H groups in total. The lowest BCUT2D eigenvalue weighted by molar-refractivity contribution is 0.0883. The van der Waals surface area contributed by atoms with E-state index in [0.717, 1.165) is 38.8 Å². The number of fused-ring (bicyclic) bond motifs is 1. The van der Waals surface area contributed by atoms with E-state index < -0.39 is 0 Å². The molecule has 1 saturated carbocycles. The van der Waals surface area contributed by atoms with Crippen LogP contribution in [0.3, 0.4) is 0 Å². The quantitative estimate of drug-likeness (QED) is 0.820. The van der Waals surface area contributed by atoms with Gasteiger partial charge in [0.15, 0.2) is 0 Å². The van der Waals surface area contributed by atoms with Gasteiger partial charge in [0.05, 0.1) is 12.3 Å². The third-order valence-corrected chi connectivity index (χ3v) is 5.39. The number of hydrogen-bond donors (Lipinski definition) is 0. The summed E-state index contributed by atoms with van der Waals surface area (Å²) in [5, 5.41) is 6.85. The number of thiophene rings is 1. The fourth-order valence-electron chi connectivity index (χ4n) is 3.26. The van der Waals surface area contributed by atoms with Crippen LogP contribution in [0.4, 0.5) is 0 Å². The second-order valence-corrected chi connectivity index (χ2v) is 7.67. The van der Waals surface area contributed by atoms with Gasteiger partial charge in [-0.25, -0.2) is 0 Å². The van der Waals surface area contributed by atoms with Gasteiger partial charge in [-0.3, -0.25) is 9.58 Å². The van der Waals surface area contributed by atoms with Gasteiger partial charge in [-0.05, 0) is 30.2 Å². The molecule has 1 atom stereocenters. The van der Waals surface area contributed by atoms with Gasteiger partial charge < -0.3 is 4.74 Å². The van der Waals surface area contributed by atoms with Crippen LogP contribution in [0.25, 0.3) is 0 Å². The highest BCUT2D eigenvalue weighted by Crippen LogP contribution is 2.31. The van der Waals surface area contributed by atoms with Gasteiger partial charge in [0, 0.05) is 55.8 Å². The number of nitrogens with zero attached hydrogens (tertiary/aromatic N) is 3.